The van der Waals surface area contributed by atoms with Gasteiger partial charge in [-0.1, -0.05) is 0 Å². The van der Waals surface area contributed by atoms with Gasteiger partial charge in [-0.2, -0.15) is 0 Å². The minimum atomic E-state index is -2.68. The lowest BCUT2D eigenvalue weighted by Gasteiger charge is -2.10. The Balaban J connectivity index is 2.35. The highest BCUT2D eigenvalue weighted by molar-refractivity contribution is 9.10. The van der Waals surface area contributed by atoms with Crippen LogP contribution in [0, 0.1) is 0 Å². The molecule has 0 saturated carbocycles. The second-order valence-corrected chi connectivity index (χ2v) is 3.80. The fourth-order valence-corrected chi connectivity index (χ4v) is 1.03. The third kappa shape index (κ3) is 4.50. The van der Waals surface area contributed by atoms with Gasteiger partial charge in [0.25, 0.3) is 0 Å². The highest BCUT2D eigenvalue weighted by Gasteiger charge is 2.20. The second kappa shape index (κ2) is 4.68. The molecular formula is C9H10BrF2NO. The Kier molecular flexibility index (Phi) is 3.80. The quantitative estimate of drug-likeness (QED) is 0.780. The van der Waals surface area contributed by atoms with Crippen LogP contribution in [0.1, 0.15) is 13.3 Å². The van der Waals surface area contributed by atoms with Crippen LogP contribution in [0.2, 0.25) is 0 Å². The van der Waals surface area contributed by atoms with Gasteiger partial charge in [-0.3, -0.25) is 0 Å². The number of alkyl halides is 2. The van der Waals surface area contributed by atoms with Crippen molar-refractivity contribution in [3.8, 4) is 5.75 Å². The highest BCUT2D eigenvalue weighted by atomic mass is 79.9. The maximum Gasteiger partial charge on any atom is 0.248 e. The van der Waals surface area contributed by atoms with Crippen LogP contribution >= 0.6 is 15.9 Å². The predicted octanol–water partition coefficient (Wildman–Crippen LogP) is 3.27. The summed E-state index contributed by atoms with van der Waals surface area (Å²) in [6.07, 6.45) is 1.20. The molecular weight excluding hydrogens is 256 g/mol. The molecule has 1 aromatic rings. The van der Waals surface area contributed by atoms with Crippen molar-refractivity contribution in [2.45, 2.75) is 19.3 Å². The van der Waals surface area contributed by atoms with Crippen molar-refractivity contribution in [1.29, 1.82) is 0 Å². The van der Waals surface area contributed by atoms with Gasteiger partial charge in [-0.15, -0.1) is 0 Å². The van der Waals surface area contributed by atoms with Crippen LogP contribution in [0.25, 0.3) is 0 Å². The molecule has 0 amide bonds. The third-order valence-electron chi connectivity index (χ3n) is 1.51. The molecule has 0 fully saturated rings. The molecule has 0 unspecified atom stereocenters. The van der Waals surface area contributed by atoms with E-state index in [1.807, 2.05) is 0 Å². The Morgan fingerprint density at radius 2 is 2.21 bits per heavy atom. The number of pyridine rings is 1. The maximum atomic E-state index is 12.4. The number of hydrogen-bond donors (Lipinski definition) is 0. The smallest absolute Gasteiger partial charge is 0.248 e. The van der Waals surface area contributed by atoms with Crippen LogP contribution in [0.4, 0.5) is 8.78 Å². The summed E-state index contributed by atoms with van der Waals surface area (Å²) < 4.78 is 30.5. The number of aromatic nitrogens is 1. The van der Waals surface area contributed by atoms with Crippen LogP contribution in [0.3, 0.4) is 0 Å². The van der Waals surface area contributed by atoms with Crippen LogP contribution in [0.15, 0.2) is 22.9 Å². The summed E-state index contributed by atoms with van der Waals surface area (Å²) in [4.78, 5) is 3.90. The fraction of sp³-hybridized carbons (Fsp3) is 0.444. The lowest BCUT2D eigenvalue weighted by atomic mass is 10.3. The number of halogens is 3. The zero-order chi connectivity index (χ0) is 10.6. The molecule has 0 aliphatic heterocycles. The number of hydrogen-bond acceptors (Lipinski definition) is 2. The summed E-state index contributed by atoms with van der Waals surface area (Å²) in [6.45, 7) is 0.864. The summed E-state index contributed by atoms with van der Waals surface area (Å²) in [6, 6.07) is 3.37. The van der Waals surface area contributed by atoms with Gasteiger partial charge in [0.15, 0.2) is 0 Å². The molecule has 0 aliphatic carbocycles. The van der Waals surface area contributed by atoms with Crippen molar-refractivity contribution in [3.05, 3.63) is 22.9 Å². The molecule has 0 bridgehead atoms. The molecule has 78 valence electrons. The lowest BCUT2D eigenvalue weighted by Crippen LogP contribution is -2.14. The molecule has 14 heavy (non-hydrogen) atoms. The van der Waals surface area contributed by atoms with Crippen LogP contribution < -0.4 is 4.74 Å². The van der Waals surface area contributed by atoms with Crippen molar-refractivity contribution in [3.63, 3.8) is 0 Å². The Morgan fingerprint density at radius 3 is 2.71 bits per heavy atom. The van der Waals surface area contributed by atoms with Crippen molar-refractivity contribution >= 4 is 15.9 Å². The number of nitrogens with zero attached hydrogens (tertiary/aromatic N) is 1. The largest absolute Gasteiger partial charge is 0.492 e. The van der Waals surface area contributed by atoms with Gasteiger partial charge in [-0.05, 0) is 35.0 Å². The Labute approximate surface area is 89.4 Å². The standard InChI is InChI=1S/C9H10BrF2NO/c1-9(11,12)4-5-14-7-2-3-8(10)13-6-7/h2-3,6H,4-5H2,1H3. The maximum absolute atomic E-state index is 12.4. The fourth-order valence-electron chi connectivity index (χ4n) is 0.796. The van der Waals surface area contributed by atoms with Crippen molar-refractivity contribution in [1.82, 2.24) is 4.98 Å². The van der Waals surface area contributed by atoms with E-state index in [1.54, 1.807) is 12.1 Å². The Bertz CT molecular complexity index is 284. The molecule has 0 N–H and O–H groups in total. The SMILES string of the molecule is CC(F)(F)CCOc1ccc(Br)nc1. The Morgan fingerprint density at radius 1 is 1.50 bits per heavy atom. The van der Waals surface area contributed by atoms with E-state index >= 15 is 0 Å². The minimum absolute atomic E-state index is 0.00713. The van der Waals surface area contributed by atoms with E-state index < -0.39 is 5.92 Å². The molecule has 1 aromatic heterocycles. The van der Waals surface area contributed by atoms with E-state index in [4.69, 9.17) is 4.74 Å². The average molecular weight is 266 g/mol. The predicted molar refractivity (Wildman–Crippen MR) is 52.7 cm³/mol. The zero-order valence-corrected chi connectivity index (χ0v) is 9.22. The molecule has 0 aromatic carbocycles. The topological polar surface area (TPSA) is 22.1 Å². The van der Waals surface area contributed by atoms with Gasteiger partial charge in [-0.25, -0.2) is 13.8 Å². The molecule has 1 rings (SSSR count). The van der Waals surface area contributed by atoms with E-state index in [1.165, 1.54) is 6.20 Å². The molecule has 0 aliphatic rings. The molecule has 0 spiro atoms. The summed E-state index contributed by atoms with van der Waals surface area (Å²) in [5.41, 5.74) is 0. The summed E-state index contributed by atoms with van der Waals surface area (Å²) >= 11 is 3.16. The van der Waals surface area contributed by atoms with E-state index in [2.05, 4.69) is 20.9 Å². The second-order valence-electron chi connectivity index (χ2n) is 2.99. The van der Waals surface area contributed by atoms with Gasteiger partial charge >= 0.3 is 0 Å². The van der Waals surface area contributed by atoms with Crippen molar-refractivity contribution in [2.24, 2.45) is 0 Å². The van der Waals surface area contributed by atoms with Gasteiger partial charge in [0.05, 0.1) is 12.8 Å². The first-order valence-corrected chi connectivity index (χ1v) is 4.89. The molecule has 1 heterocycles. The molecule has 0 radical (unpaired) electrons. The number of rotatable bonds is 4. The molecule has 0 saturated heterocycles. The Hall–Kier alpha value is -0.710. The first-order chi connectivity index (χ1) is 6.47. The first kappa shape index (κ1) is 11.4. The van der Waals surface area contributed by atoms with Gasteiger partial charge in [0, 0.05) is 6.42 Å². The minimum Gasteiger partial charge on any atom is -0.492 e. The van der Waals surface area contributed by atoms with Gasteiger partial charge < -0.3 is 4.74 Å². The first-order valence-electron chi connectivity index (χ1n) is 4.09. The normalized spacial score (nSPS) is 11.4. The van der Waals surface area contributed by atoms with Crippen molar-refractivity contribution in [2.75, 3.05) is 6.61 Å². The number of ether oxygens (including phenoxy) is 1. The third-order valence-corrected chi connectivity index (χ3v) is 1.98. The lowest BCUT2D eigenvalue weighted by molar-refractivity contribution is 0.000827. The highest BCUT2D eigenvalue weighted by Crippen LogP contribution is 2.18. The average Bonchev–Trinajstić information content (AvgIpc) is 2.06. The van der Waals surface area contributed by atoms with Crippen molar-refractivity contribution < 1.29 is 13.5 Å². The molecule has 5 heteroatoms. The van der Waals surface area contributed by atoms with Gasteiger partial charge in [0.1, 0.15) is 10.4 Å². The summed E-state index contributed by atoms with van der Waals surface area (Å²) in [5, 5.41) is 0. The monoisotopic (exact) mass is 265 g/mol. The summed E-state index contributed by atoms with van der Waals surface area (Å²) in [5.74, 6) is -2.18. The van der Waals surface area contributed by atoms with Crippen LogP contribution in [-0.4, -0.2) is 17.5 Å². The van der Waals surface area contributed by atoms with Crippen LogP contribution in [-0.2, 0) is 0 Å². The van der Waals surface area contributed by atoms with E-state index in [-0.39, 0.29) is 13.0 Å². The van der Waals surface area contributed by atoms with E-state index in [0.29, 0.717) is 10.4 Å². The van der Waals surface area contributed by atoms with Gasteiger partial charge in [0.2, 0.25) is 5.92 Å². The van der Waals surface area contributed by atoms with Crippen LogP contribution in [0.5, 0.6) is 5.75 Å². The summed E-state index contributed by atoms with van der Waals surface area (Å²) in [7, 11) is 0. The van der Waals surface area contributed by atoms with E-state index in [9.17, 15) is 8.78 Å². The zero-order valence-electron chi connectivity index (χ0n) is 7.64. The molecule has 2 nitrogen and oxygen atoms in total. The molecule has 0 atom stereocenters. The van der Waals surface area contributed by atoms with E-state index in [0.717, 1.165) is 6.92 Å².